The summed E-state index contributed by atoms with van der Waals surface area (Å²) in [5.74, 6) is -0.518. The smallest absolute Gasteiger partial charge is 0.294 e. The number of amides is 1. The summed E-state index contributed by atoms with van der Waals surface area (Å²) in [6.45, 7) is 1.50. The molecule has 8 heteroatoms. The highest BCUT2D eigenvalue weighted by Crippen LogP contribution is 2.40. The predicted molar refractivity (Wildman–Crippen MR) is 94.4 cm³/mol. The van der Waals surface area contributed by atoms with Crippen molar-refractivity contribution in [3.05, 3.63) is 54.4 Å². The van der Waals surface area contributed by atoms with E-state index in [1.54, 1.807) is 40.4 Å². The Kier molecular flexibility index (Phi) is 4.04. The maximum Gasteiger partial charge on any atom is 0.294 e. The average Bonchev–Trinajstić information content (AvgIpc) is 2.66. The van der Waals surface area contributed by atoms with Crippen LogP contribution in [-0.2, 0) is 4.79 Å². The first-order valence-electron chi connectivity index (χ1n) is 7.96. The van der Waals surface area contributed by atoms with E-state index in [0.29, 0.717) is 22.1 Å². The van der Waals surface area contributed by atoms with Gasteiger partial charge in [-0.1, -0.05) is 28.6 Å². The first-order valence-corrected chi connectivity index (χ1v) is 9.18. The lowest BCUT2D eigenvalue weighted by Gasteiger charge is -2.32. The quantitative estimate of drug-likeness (QED) is 0.506. The predicted octanol–water partition coefficient (Wildman–Crippen LogP) is 1.53. The standard InChI is InChI=1S/C18H15N5O2S/c1-11(24)22-14-8-4-3-7-13(14)15-16(25)20-18(26-2)21-23(15)17(22)12-6-5-9-19-10-12/h3-10,17H,1-2H3. The van der Waals surface area contributed by atoms with Crippen LogP contribution in [0, 0.1) is 0 Å². The number of anilines is 1. The number of nitrogens with zero attached hydrogens (tertiary/aromatic N) is 5. The van der Waals surface area contributed by atoms with E-state index in [1.807, 2.05) is 24.3 Å². The fraction of sp³-hybridized carbons (Fsp3) is 0.167. The molecule has 130 valence electrons. The van der Waals surface area contributed by atoms with Gasteiger partial charge in [-0.2, -0.15) is 0 Å². The minimum absolute atomic E-state index is 0.152. The third-order valence-corrected chi connectivity index (χ3v) is 4.76. The molecule has 0 fully saturated rings. The van der Waals surface area contributed by atoms with Gasteiger partial charge in [-0.15, -0.1) is 0 Å². The van der Waals surface area contributed by atoms with Gasteiger partial charge in [0.2, 0.25) is 5.91 Å². The lowest BCUT2D eigenvalue weighted by molar-refractivity contribution is -0.764. The molecule has 1 aromatic carbocycles. The van der Waals surface area contributed by atoms with Crippen LogP contribution in [0.4, 0.5) is 5.69 Å². The van der Waals surface area contributed by atoms with Crippen molar-refractivity contribution in [2.45, 2.75) is 18.2 Å². The number of benzene rings is 1. The highest BCUT2D eigenvalue weighted by molar-refractivity contribution is 7.98. The number of hydrogen-bond acceptors (Lipinski definition) is 6. The summed E-state index contributed by atoms with van der Waals surface area (Å²) in [5, 5.41) is 17.6. The summed E-state index contributed by atoms with van der Waals surface area (Å²) in [5.41, 5.74) is 2.42. The van der Waals surface area contributed by atoms with E-state index < -0.39 is 6.17 Å². The molecule has 1 aliphatic rings. The minimum atomic E-state index is -0.604. The number of thioether (sulfide) groups is 1. The van der Waals surface area contributed by atoms with E-state index in [2.05, 4.69) is 15.1 Å². The molecule has 3 aromatic rings. The van der Waals surface area contributed by atoms with Gasteiger partial charge in [-0.3, -0.25) is 9.78 Å². The number of fused-ring (bicyclic) bond motifs is 3. The van der Waals surface area contributed by atoms with Gasteiger partial charge in [0.1, 0.15) is 0 Å². The topological polar surface area (TPSA) is 85.9 Å². The van der Waals surface area contributed by atoms with Gasteiger partial charge in [0.25, 0.3) is 17.0 Å². The van der Waals surface area contributed by atoms with E-state index in [1.165, 1.54) is 18.7 Å². The molecule has 0 radical (unpaired) electrons. The lowest BCUT2D eigenvalue weighted by atomic mass is 10.0. The summed E-state index contributed by atoms with van der Waals surface area (Å²) >= 11 is 1.28. The SMILES string of the molecule is CSc1nc([O-])c2[n+](n1)C(c1cccnc1)N(C(C)=O)c1ccccc1-2. The Labute approximate surface area is 154 Å². The molecule has 1 unspecified atom stereocenters. The molecular weight excluding hydrogens is 350 g/mol. The molecule has 4 rings (SSSR count). The number of hydrogen-bond donors (Lipinski definition) is 0. The van der Waals surface area contributed by atoms with Crippen molar-refractivity contribution in [1.29, 1.82) is 0 Å². The first kappa shape index (κ1) is 16.5. The Morgan fingerprint density at radius 2 is 2.08 bits per heavy atom. The van der Waals surface area contributed by atoms with Crippen LogP contribution in [0.2, 0.25) is 0 Å². The Balaban J connectivity index is 2.08. The molecule has 2 aromatic heterocycles. The molecule has 1 atom stereocenters. The molecule has 7 nitrogen and oxygen atoms in total. The molecule has 1 aliphatic heterocycles. The van der Waals surface area contributed by atoms with Gasteiger partial charge >= 0.3 is 0 Å². The fourth-order valence-corrected chi connectivity index (χ4v) is 3.53. The Bertz CT molecular complexity index is 996. The number of carbonyl (C=O) groups excluding carboxylic acids is 1. The summed E-state index contributed by atoms with van der Waals surface area (Å²) in [4.78, 5) is 22.4. The van der Waals surface area contributed by atoms with Crippen molar-refractivity contribution in [3.8, 4) is 17.1 Å². The second kappa shape index (κ2) is 6.38. The van der Waals surface area contributed by atoms with Crippen LogP contribution in [0.15, 0.2) is 53.9 Å². The Hall–Kier alpha value is -3.00. The third-order valence-electron chi connectivity index (χ3n) is 4.22. The Morgan fingerprint density at radius 1 is 1.27 bits per heavy atom. The second-order valence-electron chi connectivity index (χ2n) is 5.76. The Morgan fingerprint density at radius 3 is 2.77 bits per heavy atom. The van der Waals surface area contributed by atoms with Crippen molar-refractivity contribution >= 4 is 23.4 Å². The van der Waals surface area contributed by atoms with Crippen LogP contribution in [-0.4, -0.2) is 27.2 Å². The molecule has 26 heavy (non-hydrogen) atoms. The second-order valence-corrected chi connectivity index (χ2v) is 6.54. The number of aromatic nitrogens is 4. The molecule has 0 saturated carbocycles. The largest absolute Gasteiger partial charge is 0.854 e. The van der Waals surface area contributed by atoms with E-state index in [4.69, 9.17) is 0 Å². The van der Waals surface area contributed by atoms with E-state index in [0.717, 1.165) is 5.56 Å². The molecule has 0 N–H and O–H groups in total. The van der Waals surface area contributed by atoms with Crippen LogP contribution < -0.4 is 14.7 Å². The summed E-state index contributed by atoms with van der Waals surface area (Å²) in [6, 6.07) is 11.0. The van der Waals surface area contributed by atoms with Gasteiger partial charge in [0, 0.05) is 24.4 Å². The molecule has 0 bridgehead atoms. The normalized spacial score (nSPS) is 15.3. The van der Waals surface area contributed by atoms with Crippen molar-refractivity contribution in [2.24, 2.45) is 0 Å². The molecule has 3 heterocycles. The third kappa shape index (κ3) is 2.50. The summed E-state index contributed by atoms with van der Waals surface area (Å²) in [7, 11) is 0. The maximum atomic E-state index is 12.8. The highest BCUT2D eigenvalue weighted by atomic mass is 32.2. The molecule has 0 aliphatic carbocycles. The number of rotatable bonds is 2. The van der Waals surface area contributed by atoms with Gasteiger partial charge in [0.05, 0.1) is 22.7 Å². The van der Waals surface area contributed by atoms with Gasteiger partial charge in [0.15, 0.2) is 0 Å². The number of carbonyl (C=O) groups is 1. The molecule has 1 amide bonds. The first-order chi connectivity index (χ1) is 12.6. The monoisotopic (exact) mass is 365 g/mol. The molecule has 0 saturated heterocycles. The van der Waals surface area contributed by atoms with Gasteiger partial charge in [-0.05, 0) is 30.5 Å². The number of pyridine rings is 1. The number of para-hydroxylation sites is 1. The van der Waals surface area contributed by atoms with Crippen LogP contribution in [0.5, 0.6) is 5.88 Å². The molecular formula is C18H15N5O2S. The van der Waals surface area contributed by atoms with Crippen LogP contribution in [0.3, 0.4) is 0 Å². The maximum absolute atomic E-state index is 12.8. The fourth-order valence-electron chi connectivity index (χ4n) is 3.19. The summed E-state index contributed by atoms with van der Waals surface area (Å²) in [6.07, 6.45) is 4.54. The minimum Gasteiger partial charge on any atom is -0.854 e. The van der Waals surface area contributed by atoms with E-state index >= 15 is 0 Å². The molecule has 0 spiro atoms. The zero-order valence-corrected chi connectivity index (χ0v) is 15.0. The average molecular weight is 365 g/mol. The lowest BCUT2D eigenvalue weighted by Crippen LogP contribution is -2.58. The zero-order chi connectivity index (χ0) is 18.3. The van der Waals surface area contributed by atoms with Gasteiger partial charge < -0.3 is 5.11 Å². The van der Waals surface area contributed by atoms with Crippen LogP contribution >= 0.6 is 11.8 Å². The highest BCUT2D eigenvalue weighted by Gasteiger charge is 2.43. The van der Waals surface area contributed by atoms with Crippen molar-refractivity contribution in [3.63, 3.8) is 0 Å². The van der Waals surface area contributed by atoms with E-state index in [9.17, 15) is 9.90 Å². The van der Waals surface area contributed by atoms with Crippen molar-refractivity contribution in [2.75, 3.05) is 11.2 Å². The van der Waals surface area contributed by atoms with Crippen LogP contribution in [0.1, 0.15) is 18.7 Å². The zero-order valence-electron chi connectivity index (χ0n) is 14.2. The van der Waals surface area contributed by atoms with Crippen molar-refractivity contribution in [1.82, 2.24) is 15.1 Å². The summed E-state index contributed by atoms with van der Waals surface area (Å²) < 4.78 is 1.59. The van der Waals surface area contributed by atoms with Gasteiger partial charge in [-0.25, -0.2) is 9.88 Å². The van der Waals surface area contributed by atoms with Crippen LogP contribution in [0.25, 0.3) is 11.3 Å². The van der Waals surface area contributed by atoms with E-state index in [-0.39, 0.29) is 11.8 Å². The van der Waals surface area contributed by atoms with Crippen molar-refractivity contribution < 1.29 is 14.6 Å².